The van der Waals surface area contributed by atoms with Crippen LogP contribution < -0.4 is 5.32 Å². The second kappa shape index (κ2) is 8.58. The number of carbonyl (C=O) groups excluding carboxylic acids is 1. The van der Waals surface area contributed by atoms with Crippen molar-refractivity contribution in [1.82, 2.24) is 29.5 Å². The van der Waals surface area contributed by atoms with E-state index in [0.29, 0.717) is 18.8 Å². The van der Waals surface area contributed by atoms with Gasteiger partial charge in [-0.3, -0.25) is 15.0 Å². The Morgan fingerprint density at radius 3 is 2.77 bits per heavy atom. The summed E-state index contributed by atoms with van der Waals surface area (Å²) in [4.78, 5) is 27.4. The van der Waals surface area contributed by atoms with Crippen molar-refractivity contribution in [3.05, 3.63) is 72.9 Å². The number of nitrogens with zero attached hydrogens (tertiary/aromatic N) is 6. The van der Waals surface area contributed by atoms with Gasteiger partial charge in [-0.15, -0.1) is 5.10 Å². The summed E-state index contributed by atoms with van der Waals surface area (Å²) in [6, 6.07) is 14.0. The van der Waals surface area contributed by atoms with Crippen LogP contribution >= 0.6 is 0 Å². The molecule has 0 spiro atoms. The summed E-state index contributed by atoms with van der Waals surface area (Å²) < 4.78 is 7.33. The molecule has 1 atom stereocenters. The van der Waals surface area contributed by atoms with Gasteiger partial charge in [0.05, 0.1) is 6.61 Å². The highest BCUT2D eigenvalue weighted by Gasteiger charge is 2.27. The van der Waals surface area contributed by atoms with Crippen LogP contribution in [0.4, 0.5) is 5.95 Å². The van der Waals surface area contributed by atoms with Crippen LogP contribution in [0.5, 0.6) is 0 Å². The number of hydrogen-bond donors (Lipinski definition) is 1. The number of pyridine rings is 1. The van der Waals surface area contributed by atoms with E-state index in [1.54, 1.807) is 16.9 Å². The molecule has 156 valence electrons. The Morgan fingerprint density at radius 1 is 1.10 bits per heavy atom. The molecular formula is C22H21N7O2. The number of nitrogens with one attached hydrogen (secondary N) is 1. The Balaban J connectivity index is 1.26. The SMILES string of the molecule is O=C(Nc1nc2ccc(-c3cncnc3)cn2n1)[C@@H]1CN(Cc2ccccc2)CCO1. The molecule has 9 heteroatoms. The highest BCUT2D eigenvalue weighted by atomic mass is 16.5. The third-order valence-electron chi connectivity index (χ3n) is 5.15. The molecule has 1 N–H and O–H groups in total. The van der Waals surface area contributed by atoms with Crippen LogP contribution in [0.1, 0.15) is 5.56 Å². The predicted molar refractivity (Wildman–Crippen MR) is 114 cm³/mol. The minimum Gasteiger partial charge on any atom is -0.366 e. The molecule has 4 heterocycles. The lowest BCUT2D eigenvalue weighted by atomic mass is 10.1. The summed E-state index contributed by atoms with van der Waals surface area (Å²) in [6.45, 7) is 2.60. The van der Waals surface area contributed by atoms with Gasteiger partial charge in [-0.25, -0.2) is 14.5 Å². The molecule has 3 aromatic heterocycles. The van der Waals surface area contributed by atoms with Crippen molar-refractivity contribution < 1.29 is 9.53 Å². The highest BCUT2D eigenvalue weighted by molar-refractivity contribution is 5.93. The first-order valence-electron chi connectivity index (χ1n) is 10.1. The molecule has 1 saturated heterocycles. The zero-order valence-corrected chi connectivity index (χ0v) is 16.8. The maximum Gasteiger partial charge on any atom is 0.257 e. The minimum atomic E-state index is -0.568. The molecule has 9 nitrogen and oxygen atoms in total. The van der Waals surface area contributed by atoms with Crippen molar-refractivity contribution in [2.24, 2.45) is 0 Å². The maximum absolute atomic E-state index is 12.8. The molecule has 0 radical (unpaired) electrons. The number of rotatable bonds is 5. The molecule has 0 saturated carbocycles. The second-order valence-electron chi connectivity index (χ2n) is 7.35. The molecule has 4 aromatic rings. The summed E-state index contributed by atoms with van der Waals surface area (Å²) in [5.74, 6) is 0.000551. The van der Waals surface area contributed by atoms with Crippen LogP contribution in [-0.2, 0) is 16.1 Å². The monoisotopic (exact) mass is 415 g/mol. The van der Waals surface area contributed by atoms with Gasteiger partial charge in [-0.1, -0.05) is 30.3 Å². The molecular weight excluding hydrogens is 394 g/mol. The van der Waals surface area contributed by atoms with Crippen molar-refractivity contribution in [3.8, 4) is 11.1 Å². The van der Waals surface area contributed by atoms with Gasteiger partial charge in [-0.2, -0.15) is 4.98 Å². The normalized spacial score (nSPS) is 17.0. The fourth-order valence-corrected chi connectivity index (χ4v) is 3.59. The summed E-state index contributed by atoms with van der Waals surface area (Å²) in [5, 5.41) is 7.17. The number of aromatic nitrogens is 5. The smallest absolute Gasteiger partial charge is 0.257 e. The zero-order chi connectivity index (χ0) is 21.0. The zero-order valence-electron chi connectivity index (χ0n) is 16.8. The van der Waals surface area contributed by atoms with E-state index in [1.807, 2.05) is 36.5 Å². The van der Waals surface area contributed by atoms with Gasteiger partial charge >= 0.3 is 0 Å². The van der Waals surface area contributed by atoms with Crippen molar-refractivity contribution >= 4 is 17.5 Å². The molecule has 31 heavy (non-hydrogen) atoms. The first-order valence-corrected chi connectivity index (χ1v) is 10.1. The van der Waals surface area contributed by atoms with E-state index in [4.69, 9.17) is 4.74 Å². The Labute approximate surface area is 178 Å². The van der Waals surface area contributed by atoms with Gasteiger partial charge in [0, 0.05) is 49.4 Å². The molecule has 1 aliphatic rings. The lowest BCUT2D eigenvalue weighted by molar-refractivity contribution is -0.133. The number of ether oxygens (including phenoxy) is 1. The molecule has 1 fully saturated rings. The van der Waals surface area contributed by atoms with Crippen molar-refractivity contribution in [1.29, 1.82) is 0 Å². The average molecular weight is 415 g/mol. The Morgan fingerprint density at radius 2 is 1.94 bits per heavy atom. The molecule has 1 amide bonds. The van der Waals surface area contributed by atoms with Crippen LogP contribution in [0.25, 0.3) is 16.8 Å². The first kappa shape index (κ1) is 19.3. The van der Waals surface area contributed by atoms with Gasteiger partial charge in [0.2, 0.25) is 5.95 Å². The number of morpholine rings is 1. The van der Waals surface area contributed by atoms with Crippen molar-refractivity contribution in [3.63, 3.8) is 0 Å². The summed E-state index contributed by atoms with van der Waals surface area (Å²) >= 11 is 0. The number of carbonyl (C=O) groups is 1. The van der Waals surface area contributed by atoms with E-state index in [-0.39, 0.29) is 11.9 Å². The molecule has 5 rings (SSSR count). The average Bonchev–Trinajstić information content (AvgIpc) is 3.22. The van der Waals surface area contributed by atoms with E-state index in [2.05, 4.69) is 42.4 Å². The topological polar surface area (TPSA) is 97.5 Å². The number of amides is 1. The third-order valence-corrected chi connectivity index (χ3v) is 5.15. The van der Waals surface area contributed by atoms with Crippen LogP contribution in [0, 0.1) is 0 Å². The predicted octanol–water partition coefficient (Wildman–Crippen LogP) is 2.03. The van der Waals surface area contributed by atoms with Crippen LogP contribution in [0.3, 0.4) is 0 Å². The third kappa shape index (κ3) is 4.42. The molecule has 1 aliphatic heterocycles. The molecule has 1 aromatic carbocycles. The van der Waals surface area contributed by atoms with Crippen molar-refractivity contribution in [2.45, 2.75) is 12.6 Å². The maximum atomic E-state index is 12.8. The van der Waals surface area contributed by atoms with Crippen molar-refractivity contribution in [2.75, 3.05) is 25.0 Å². The van der Waals surface area contributed by atoms with E-state index < -0.39 is 6.10 Å². The van der Waals surface area contributed by atoms with Crippen LogP contribution in [-0.4, -0.2) is 61.2 Å². The number of benzene rings is 1. The van der Waals surface area contributed by atoms with Gasteiger partial charge in [0.1, 0.15) is 12.4 Å². The standard InChI is InChI=1S/C22H21N7O2/c30-21(19-14-28(8-9-31-19)12-16-4-2-1-3-5-16)26-22-25-20-7-6-17(13-29(20)27-22)18-10-23-15-24-11-18/h1-7,10-11,13,15,19H,8-9,12,14H2,(H,26,27,30)/t19-/m0/s1. The fraction of sp³-hybridized carbons (Fsp3) is 0.227. The number of fused-ring (bicyclic) bond motifs is 1. The number of anilines is 1. The summed E-state index contributed by atoms with van der Waals surface area (Å²) in [7, 11) is 0. The molecule has 0 aliphatic carbocycles. The Hall–Kier alpha value is -3.69. The van der Waals surface area contributed by atoms with Gasteiger partial charge in [0.25, 0.3) is 5.91 Å². The molecule has 0 unspecified atom stereocenters. The van der Waals surface area contributed by atoms with Gasteiger partial charge in [-0.05, 0) is 17.7 Å². The first-order chi connectivity index (χ1) is 15.2. The minimum absolute atomic E-state index is 0.245. The van der Waals surface area contributed by atoms with Gasteiger partial charge in [0.15, 0.2) is 5.65 Å². The van der Waals surface area contributed by atoms with Crippen LogP contribution in [0.15, 0.2) is 67.4 Å². The fourth-order valence-electron chi connectivity index (χ4n) is 3.59. The quantitative estimate of drug-likeness (QED) is 0.533. The lowest BCUT2D eigenvalue weighted by Crippen LogP contribution is -2.47. The Bertz CT molecular complexity index is 1180. The van der Waals surface area contributed by atoms with E-state index >= 15 is 0 Å². The second-order valence-corrected chi connectivity index (χ2v) is 7.35. The van der Waals surface area contributed by atoms with E-state index in [9.17, 15) is 4.79 Å². The largest absolute Gasteiger partial charge is 0.366 e. The Kier molecular flexibility index (Phi) is 5.34. The van der Waals surface area contributed by atoms with E-state index in [1.165, 1.54) is 11.9 Å². The summed E-state index contributed by atoms with van der Waals surface area (Å²) in [6.07, 6.45) is 6.21. The highest BCUT2D eigenvalue weighted by Crippen LogP contribution is 2.18. The van der Waals surface area contributed by atoms with E-state index in [0.717, 1.165) is 24.2 Å². The summed E-state index contributed by atoms with van der Waals surface area (Å²) in [5.41, 5.74) is 3.62. The molecule has 0 bridgehead atoms. The van der Waals surface area contributed by atoms with Crippen LogP contribution in [0.2, 0.25) is 0 Å². The lowest BCUT2D eigenvalue weighted by Gasteiger charge is -2.31. The van der Waals surface area contributed by atoms with Gasteiger partial charge < -0.3 is 4.74 Å². The number of hydrogen-bond acceptors (Lipinski definition) is 7.